The summed E-state index contributed by atoms with van der Waals surface area (Å²) in [6.45, 7) is -0.318. The minimum absolute atomic E-state index is 0.105. The molecule has 1 rings (SSSR count). The summed E-state index contributed by atoms with van der Waals surface area (Å²) in [5, 5.41) is 10.9. The standard InChI is InChI=1S/C11H11F2NO4/c1-3-7-4-8(6(2)15)5-9(18-11(12)13)10(7)14(16)17/h4-5,11H,3H2,1-2H3. The molecule has 0 amide bonds. The molecule has 0 saturated heterocycles. The van der Waals surface area contributed by atoms with Gasteiger partial charge in [0.1, 0.15) is 0 Å². The molecule has 0 saturated carbocycles. The maximum absolute atomic E-state index is 12.2. The van der Waals surface area contributed by atoms with E-state index < -0.39 is 23.0 Å². The second kappa shape index (κ2) is 5.52. The number of hydrogen-bond acceptors (Lipinski definition) is 4. The number of nitro groups is 1. The second-order valence-corrected chi connectivity index (χ2v) is 3.53. The summed E-state index contributed by atoms with van der Waals surface area (Å²) in [5.74, 6) is -0.960. The molecule has 98 valence electrons. The third kappa shape index (κ3) is 2.99. The van der Waals surface area contributed by atoms with E-state index in [0.29, 0.717) is 0 Å². The van der Waals surface area contributed by atoms with E-state index in [9.17, 15) is 23.7 Å². The highest BCUT2D eigenvalue weighted by Crippen LogP contribution is 2.34. The lowest BCUT2D eigenvalue weighted by atomic mass is 10.0. The van der Waals surface area contributed by atoms with Crippen molar-refractivity contribution in [2.75, 3.05) is 0 Å². The number of alkyl halides is 2. The van der Waals surface area contributed by atoms with Crippen molar-refractivity contribution in [2.24, 2.45) is 0 Å². The number of nitrogens with zero attached hydrogens (tertiary/aromatic N) is 1. The van der Waals surface area contributed by atoms with Crippen molar-refractivity contribution in [2.45, 2.75) is 26.9 Å². The SMILES string of the molecule is CCc1cc(C(C)=O)cc(OC(F)F)c1[N+](=O)[O-]. The van der Waals surface area contributed by atoms with E-state index in [1.54, 1.807) is 6.92 Å². The van der Waals surface area contributed by atoms with Gasteiger partial charge in [-0.1, -0.05) is 6.92 Å². The molecular weight excluding hydrogens is 248 g/mol. The van der Waals surface area contributed by atoms with Crippen molar-refractivity contribution in [3.8, 4) is 5.75 Å². The first-order valence-electron chi connectivity index (χ1n) is 5.13. The van der Waals surface area contributed by atoms with Crippen LogP contribution in [0.15, 0.2) is 12.1 Å². The van der Waals surface area contributed by atoms with Crippen LogP contribution in [0.5, 0.6) is 5.75 Å². The van der Waals surface area contributed by atoms with Crippen LogP contribution in [0.1, 0.15) is 29.8 Å². The summed E-state index contributed by atoms with van der Waals surface area (Å²) >= 11 is 0. The van der Waals surface area contributed by atoms with Gasteiger partial charge < -0.3 is 4.74 Å². The summed E-state index contributed by atoms with van der Waals surface area (Å²) < 4.78 is 28.5. The molecule has 0 fully saturated rings. The predicted molar refractivity (Wildman–Crippen MR) is 59.1 cm³/mol. The van der Waals surface area contributed by atoms with E-state index in [1.165, 1.54) is 13.0 Å². The number of aryl methyl sites for hydroxylation is 1. The van der Waals surface area contributed by atoms with Crippen LogP contribution in [-0.2, 0) is 6.42 Å². The quantitative estimate of drug-likeness (QED) is 0.463. The minimum atomic E-state index is -3.18. The number of ketones is 1. The molecule has 7 heteroatoms. The molecule has 0 unspecified atom stereocenters. The fourth-order valence-corrected chi connectivity index (χ4v) is 1.53. The van der Waals surface area contributed by atoms with Gasteiger partial charge in [0.15, 0.2) is 5.78 Å². The number of carbonyl (C=O) groups is 1. The fourth-order valence-electron chi connectivity index (χ4n) is 1.53. The van der Waals surface area contributed by atoms with Gasteiger partial charge in [0, 0.05) is 11.1 Å². The molecule has 0 spiro atoms. The number of benzene rings is 1. The molecule has 0 aliphatic heterocycles. The number of carbonyl (C=O) groups excluding carboxylic acids is 1. The van der Waals surface area contributed by atoms with Gasteiger partial charge in [-0.3, -0.25) is 14.9 Å². The van der Waals surface area contributed by atoms with E-state index in [2.05, 4.69) is 4.74 Å². The molecule has 1 aromatic carbocycles. The number of halogens is 2. The molecule has 0 N–H and O–H groups in total. The lowest BCUT2D eigenvalue weighted by Gasteiger charge is -2.09. The first kappa shape index (κ1) is 14.0. The van der Waals surface area contributed by atoms with E-state index >= 15 is 0 Å². The van der Waals surface area contributed by atoms with E-state index in [4.69, 9.17) is 0 Å². The molecule has 0 bridgehead atoms. The van der Waals surface area contributed by atoms with Crippen LogP contribution in [0.4, 0.5) is 14.5 Å². The summed E-state index contributed by atoms with van der Waals surface area (Å²) in [7, 11) is 0. The van der Waals surface area contributed by atoms with Crippen molar-refractivity contribution in [3.63, 3.8) is 0 Å². The Hall–Kier alpha value is -2.05. The van der Waals surface area contributed by atoms with Gasteiger partial charge in [-0.25, -0.2) is 0 Å². The van der Waals surface area contributed by atoms with Crippen molar-refractivity contribution < 1.29 is 23.2 Å². The highest BCUT2D eigenvalue weighted by Gasteiger charge is 2.24. The lowest BCUT2D eigenvalue weighted by molar-refractivity contribution is -0.387. The maximum atomic E-state index is 12.2. The van der Waals surface area contributed by atoms with E-state index in [0.717, 1.165) is 6.07 Å². The zero-order chi connectivity index (χ0) is 13.9. The average Bonchev–Trinajstić information content (AvgIpc) is 2.26. The summed E-state index contributed by atoms with van der Waals surface area (Å²) in [6, 6.07) is 2.28. The zero-order valence-electron chi connectivity index (χ0n) is 9.78. The Labute approximate surface area is 102 Å². The Morgan fingerprint density at radius 2 is 2.11 bits per heavy atom. The topological polar surface area (TPSA) is 69.4 Å². The Kier molecular flexibility index (Phi) is 4.30. The van der Waals surface area contributed by atoms with E-state index in [1.807, 2.05) is 0 Å². The van der Waals surface area contributed by atoms with Gasteiger partial charge in [-0.05, 0) is 25.5 Å². The molecule has 5 nitrogen and oxygen atoms in total. The molecular formula is C11H11F2NO4. The largest absolute Gasteiger partial charge is 0.427 e. The molecule has 0 aromatic heterocycles. The Bertz CT molecular complexity index is 488. The molecule has 0 radical (unpaired) electrons. The van der Waals surface area contributed by atoms with Crippen molar-refractivity contribution >= 4 is 11.5 Å². The summed E-state index contributed by atoms with van der Waals surface area (Å²) in [6.07, 6.45) is 0.233. The number of Topliss-reactive ketones (excluding diaryl/α,β-unsaturated/α-hetero) is 1. The minimum Gasteiger partial charge on any atom is -0.427 e. The smallest absolute Gasteiger partial charge is 0.387 e. The third-order valence-electron chi connectivity index (χ3n) is 2.34. The molecule has 18 heavy (non-hydrogen) atoms. The average molecular weight is 259 g/mol. The van der Waals surface area contributed by atoms with Crippen LogP contribution in [0.2, 0.25) is 0 Å². The van der Waals surface area contributed by atoms with Crippen LogP contribution >= 0.6 is 0 Å². The summed E-state index contributed by atoms with van der Waals surface area (Å²) in [4.78, 5) is 21.3. The van der Waals surface area contributed by atoms with Gasteiger partial charge in [0.25, 0.3) is 0 Å². The monoisotopic (exact) mass is 259 g/mol. The fraction of sp³-hybridized carbons (Fsp3) is 0.364. The van der Waals surface area contributed by atoms with Gasteiger partial charge in [0.05, 0.1) is 4.92 Å². The van der Waals surface area contributed by atoms with Gasteiger partial charge in [0.2, 0.25) is 5.75 Å². The van der Waals surface area contributed by atoms with Crippen LogP contribution in [0.3, 0.4) is 0 Å². The Balaban J connectivity index is 3.46. The number of ether oxygens (including phenoxy) is 1. The second-order valence-electron chi connectivity index (χ2n) is 3.53. The first-order valence-corrected chi connectivity index (χ1v) is 5.13. The van der Waals surface area contributed by atoms with Crippen LogP contribution < -0.4 is 4.74 Å². The van der Waals surface area contributed by atoms with Crippen LogP contribution in [-0.4, -0.2) is 17.3 Å². The molecule has 0 heterocycles. The molecule has 0 aliphatic carbocycles. The summed E-state index contributed by atoms with van der Waals surface area (Å²) in [5.41, 5.74) is -0.237. The van der Waals surface area contributed by atoms with Crippen molar-refractivity contribution in [1.82, 2.24) is 0 Å². The molecule has 0 atom stereocenters. The van der Waals surface area contributed by atoms with Gasteiger partial charge >= 0.3 is 12.3 Å². The van der Waals surface area contributed by atoms with Crippen molar-refractivity contribution in [1.29, 1.82) is 0 Å². The van der Waals surface area contributed by atoms with Crippen LogP contribution in [0, 0.1) is 10.1 Å². The number of hydrogen-bond donors (Lipinski definition) is 0. The molecule has 0 aliphatic rings. The highest BCUT2D eigenvalue weighted by molar-refractivity contribution is 5.95. The number of rotatable bonds is 5. The lowest BCUT2D eigenvalue weighted by Crippen LogP contribution is -2.08. The maximum Gasteiger partial charge on any atom is 0.387 e. The number of nitro benzene ring substituents is 1. The van der Waals surface area contributed by atoms with Gasteiger partial charge in [-0.15, -0.1) is 0 Å². The Morgan fingerprint density at radius 1 is 1.50 bits per heavy atom. The normalized spacial score (nSPS) is 10.5. The highest BCUT2D eigenvalue weighted by atomic mass is 19.3. The van der Waals surface area contributed by atoms with E-state index in [-0.39, 0.29) is 23.3 Å². The van der Waals surface area contributed by atoms with Gasteiger partial charge in [-0.2, -0.15) is 8.78 Å². The third-order valence-corrected chi connectivity index (χ3v) is 2.34. The first-order chi connectivity index (χ1) is 8.36. The molecule has 1 aromatic rings. The Morgan fingerprint density at radius 3 is 2.50 bits per heavy atom. The predicted octanol–water partition coefficient (Wildman–Crippen LogP) is 2.96. The van der Waals surface area contributed by atoms with Crippen LogP contribution in [0.25, 0.3) is 0 Å². The zero-order valence-corrected chi connectivity index (χ0v) is 9.78. The van der Waals surface area contributed by atoms with Crippen molar-refractivity contribution in [3.05, 3.63) is 33.4 Å².